The Hall–Kier alpha value is -2.65. The second kappa shape index (κ2) is 10.6. The van der Waals surface area contributed by atoms with Crippen LogP contribution in [0.4, 0.5) is 5.69 Å². The van der Waals surface area contributed by atoms with Gasteiger partial charge in [0.2, 0.25) is 5.91 Å². The summed E-state index contributed by atoms with van der Waals surface area (Å²) in [6, 6.07) is 12.8. The van der Waals surface area contributed by atoms with Crippen LogP contribution in [0, 0.1) is 13.8 Å². The summed E-state index contributed by atoms with van der Waals surface area (Å²) in [6.45, 7) is 6.86. The van der Waals surface area contributed by atoms with E-state index in [1.54, 1.807) is 12.1 Å². The van der Waals surface area contributed by atoms with Crippen molar-refractivity contribution in [3.63, 3.8) is 0 Å². The number of thioether (sulfide) groups is 1. The molecule has 0 radical (unpaired) electrons. The van der Waals surface area contributed by atoms with E-state index in [1.165, 1.54) is 11.8 Å². The van der Waals surface area contributed by atoms with Crippen LogP contribution in [0.1, 0.15) is 34.2 Å². The minimum absolute atomic E-state index is 0.112. The Bertz CT molecular complexity index is 1090. The number of anilines is 1. The van der Waals surface area contributed by atoms with Gasteiger partial charge in [0.05, 0.1) is 12.3 Å². The van der Waals surface area contributed by atoms with Crippen molar-refractivity contribution in [2.75, 3.05) is 11.1 Å². The molecule has 0 unspecified atom stereocenters. The number of aromatic nitrogens is 3. The maximum absolute atomic E-state index is 12.5. The summed E-state index contributed by atoms with van der Waals surface area (Å²) in [7, 11) is 0. The Labute approximate surface area is 194 Å². The molecule has 7 nitrogen and oxygen atoms in total. The maximum Gasteiger partial charge on any atom is 0.251 e. The predicted molar refractivity (Wildman–Crippen MR) is 126 cm³/mol. The van der Waals surface area contributed by atoms with Gasteiger partial charge in [-0.25, -0.2) is 0 Å². The largest absolute Gasteiger partial charge is 0.345 e. The summed E-state index contributed by atoms with van der Waals surface area (Å²) in [5, 5.41) is 14.9. The van der Waals surface area contributed by atoms with Crippen molar-refractivity contribution in [2.24, 2.45) is 0 Å². The highest BCUT2D eigenvalue weighted by molar-refractivity contribution is 9.10. The first-order valence-electron chi connectivity index (χ1n) is 9.84. The number of nitrogens with one attached hydrogen (secondary N) is 2. The molecule has 0 bridgehead atoms. The molecule has 0 aliphatic heterocycles. The van der Waals surface area contributed by atoms with Gasteiger partial charge in [0.15, 0.2) is 11.0 Å². The topological polar surface area (TPSA) is 88.9 Å². The first-order chi connectivity index (χ1) is 14.9. The summed E-state index contributed by atoms with van der Waals surface area (Å²) in [5.41, 5.74) is 3.52. The molecule has 2 aromatic carbocycles. The fourth-order valence-electron chi connectivity index (χ4n) is 2.96. The average molecular weight is 502 g/mol. The molecule has 0 aliphatic rings. The van der Waals surface area contributed by atoms with Crippen LogP contribution in [-0.4, -0.2) is 32.3 Å². The predicted octanol–water partition coefficient (Wildman–Crippen LogP) is 4.34. The number of halogens is 1. The van der Waals surface area contributed by atoms with Crippen molar-refractivity contribution in [3.8, 4) is 0 Å². The minimum atomic E-state index is -0.167. The van der Waals surface area contributed by atoms with Crippen LogP contribution in [0.3, 0.4) is 0 Å². The molecule has 3 aromatic rings. The Balaban J connectivity index is 1.58. The Morgan fingerprint density at radius 3 is 2.52 bits per heavy atom. The Kier molecular flexibility index (Phi) is 7.86. The van der Waals surface area contributed by atoms with Crippen LogP contribution < -0.4 is 10.6 Å². The second-order valence-corrected chi connectivity index (χ2v) is 8.67. The van der Waals surface area contributed by atoms with E-state index in [4.69, 9.17) is 0 Å². The molecule has 0 spiro atoms. The van der Waals surface area contributed by atoms with Crippen molar-refractivity contribution >= 4 is 45.2 Å². The first kappa shape index (κ1) is 23.0. The van der Waals surface area contributed by atoms with E-state index in [0.717, 1.165) is 21.3 Å². The third kappa shape index (κ3) is 5.74. The SMILES string of the molecule is CCn1c(CNC(=O)c2ccccc2)nnc1SCC(=O)Nc1ccc(Br)c(C)c1C. The highest BCUT2D eigenvalue weighted by Gasteiger charge is 2.15. The van der Waals surface area contributed by atoms with Gasteiger partial charge in [0.1, 0.15) is 0 Å². The summed E-state index contributed by atoms with van der Waals surface area (Å²) in [5.74, 6) is 0.580. The monoisotopic (exact) mass is 501 g/mol. The van der Waals surface area contributed by atoms with E-state index in [9.17, 15) is 9.59 Å². The van der Waals surface area contributed by atoms with Crippen molar-refractivity contribution < 1.29 is 9.59 Å². The Morgan fingerprint density at radius 1 is 1.06 bits per heavy atom. The molecule has 162 valence electrons. The van der Waals surface area contributed by atoms with Crippen LogP contribution in [-0.2, 0) is 17.9 Å². The molecule has 0 atom stereocenters. The fraction of sp³-hybridized carbons (Fsp3) is 0.273. The molecule has 0 aliphatic carbocycles. The van der Waals surface area contributed by atoms with Crippen molar-refractivity contribution in [1.82, 2.24) is 20.1 Å². The molecule has 9 heteroatoms. The maximum atomic E-state index is 12.5. The highest BCUT2D eigenvalue weighted by Crippen LogP contribution is 2.26. The van der Waals surface area contributed by atoms with Crippen LogP contribution >= 0.6 is 27.7 Å². The number of carbonyl (C=O) groups excluding carboxylic acids is 2. The van der Waals surface area contributed by atoms with E-state index in [-0.39, 0.29) is 24.1 Å². The quantitative estimate of drug-likeness (QED) is 0.448. The van der Waals surface area contributed by atoms with Crippen LogP contribution in [0.15, 0.2) is 52.1 Å². The van der Waals surface area contributed by atoms with Gasteiger partial charge in [-0.3, -0.25) is 9.59 Å². The van der Waals surface area contributed by atoms with Gasteiger partial charge in [-0.05, 0) is 56.2 Å². The van der Waals surface area contributed by atoms with Crippen LogP contribution in [0.2, 0.25) is 0 Å². The molecule has 0 saturated heterocycles. The van der Waals surface area contributed by atoms with Gasteiger partial charge in [0, 0.05) is 22.3 Å². The average Bonchev–Trinajstić information content (AvgIpc) is 3.18. The van der Waals surface area contributed by atoms with Gasteiger partial charge in [-0.1, -0.05) is 45.9 Å². The first-order valence-corrected chi connectivity index (χ1v) is 11.6. The molecule has 2 N–H and O–H groups in total. The molecular weight excluding hydrogens is 478 g/mol. The summed E-state index contributed by atoms with van der Waals surface area (Å²) < 4.78 is 2.92. The van der Waals surface area contributed by atoms with Crippen molar-refractivity contribution in [2.45, 2.75) is 39.0 Å². The summed E-state index contributed by atoms with van der Waals surface area (Å²) >= 11 is 4.82. The van der Waals surface area contributed by atoms with E-state index in [1.807, 2.05) is 55.7 Å². The van der Waals surface area contributed by atoms with Gasteiger partial charge < -0.3 is 15.2 Å². The number of nitrogens with zero attached hydrogens (tertiary/aromatic N) is 3. The molecule has 3 rings (SSSR count). The van der Waals surface area contributed by atoms with E-state index < -0.39 is 0 Å². The third-order valence-corrected chi connectivity index (χ3v) is 6.71. The molecule has 0 fully saturated rings. The lowest BCUT2D eigenvalue weighted by Crippen LogP contribution is -2.24. The zero-order chi connectivity index (χ0) is 22.4. The van der Waals surface area contributed by atoms with Gasteiger partial charge >= 0.3 is 0 Å². The van der Waals surface area contributed by atoms with Crippen LogP contribution in [0.5, 0.6) is 0 Å². The summed E-state index contributed by atoms with van der Waals surface area (Å²) in [6.07, 6.45) is 0. The van der Waals surface area contributed by atoms with E-state index >= 15 is 0 Å². The lowest BCUT2D eigenvalue weighted by atomic mass is 10.1. The fourth-order valence-corrected chi connectivity index (χ4v) is 4.22. The number of amides is 2. The number of hydrogen-bond acceptors (Lipinski definition) is 5. The molecule has 1 aromatic heterocycles. The van der Waals surface area contributed by atoms with Crippen molar-refractivity contribution in [3.05, 3.63) is 69.5 Å². The number of carbonyl (C=O) groups is 2. The van der Waals surface area contributed by atoms with E-state index in [0.29, 0.717) is 23.1 Å². The van der Waals surface area contributed by atoms with Crippen LogP contribution in [0.25, 0.3) is 0 Å². The van der Waals surface area contributed by atoms with Gasteiger partial charge in [0.25, 0.3) is 5.91 Å². The lowest BCUT2D eigenvalue weighted by molar-refractivity contribution is -0.113. The van der Waals surface area contributed by atoms with Crippen molar-refractivity contribution in [1.29, 1.82) is 0 Å². The number of benzene rings is 2. The van der Waals surface area contributed by atoms with E-state index in [2.05, 4.69) is 36.8 Å². The van der Waals surface area contributed by atoms with Gasteiger partial charge in [-0.2, -0.15) is 0 Å². The minimum Gasteiger partial charge on any atom is -0.345 e. The lowest BCUT2D eigenvalue weighted by Gasteiger charge is -2.12. The highest BCUT2D eigenvalue weighted by atomic mass is 79.9. The standard InChI is InChI=1S/C22H24BrN5O2S/c1-4-28-19(12-24-21(30)16-8-6-5-7-9-16)26-27-22(28)31-13-20(29)25-18-11-10-17(23)14(2)15(18)3/h5-11H,4,12-13H2,1-3H3,(H,24,30)(H,25,29). The molecule has 31 heavy (non-hydrogen) atoms. The summed E-state index contributed by atoms with van der Waals surface area (Å²) in [4.78, 5) is 24.7. The van der Waals surface area contributed by atoms with Gasteiger partial charge in [-0.15, -0.1) is 10.2 Å². The smallest absolute Gasteiger partial charge is 0.251 e. The zero-order valence-corrected chi connectivity index (χ0v) is 20.0. The number of hydrogen-bond donors (Lipinski definition) is 2. The molecule has 1 heterocycles. The second-order valence-electron chi connectivity index (χ2n) is 6.87. The molecular formula is C22H24BrN5O2S. The zero-order valence-electron chi connectivity index (χ0n) is 17.6. The molecule has 0 saturated carbocycles. The normalized spacial score (nSPS) is 10.7. The third-order valence-electron chi connectivity index (χ3n) is 4.88. The Morgan fingerprint density at radius 2 is 1.81 bits per heavy atom. The molecule has 2 amide bonds. The number of rotatable bonds is 8.